The van der Waals surface area contributed by atoms with Crippen LogP contribution >= 0.6 is 0 Å². The number of aryl methyl sites for hydroxylation is 1. The van der Waals surface area contributed by atoms with Crippen molar-refractivity contribution in [3.63, 3.8) is 0 Å². The van der Waals surface area contributed by atoms with Crippen molar-refractivity contribution in [3.05, 3.63) is 58.7 Å². The van der Waals surface area contributed by atoms with E-state index in [0.717, 1.165) is 40.1 Å². The zero-order valence-corrected chi connectivity index (χ0v) is 12.7. The summed E-state index contributed by atoms with van der Waals surface area (Å²) in [6.45, 7) is 2.05. The fraction of sp³-hybridized carbons (Fsp3) is 0.278. The third kappa shape index (κ3) is 2.57. The van der Waals surface area contributed by atoms with Gasteiger partial charge in [0.15, 0.2) is 0 Å². The summed E-state index contributed by atoms with van der Waals surface area (Å²) in [6, 6.07) is 11.3. The fourth-order valence-corrected chi connectivity index (χ4v) is 2.87. The van der Waals surface area contributed by atoms with Gasteiger partial charge in [0, 0.05) is 5.69 Å². The smallest absolute Gasteiger partial charge is 0.228 e. The van der Waals surface area contributed by atoms with Crippen LogP contribution in [0, 0.1) is 0 Å². The van der Waals surface area contributed by atoms with Crippen molar-refractivity contribution >= 4 is 11.6 Å². The zero-order chi connectivity index (χ0) is 15.7. The van der Waals surface area contributed by atoms with Gasteiger partial charge >= 0.3 is 0 Å². The quantitative estimate of drug-likeness (QED) is 0.912. The predicted octanol–water partition coefficient (Wildman–Crippen LogP) is 2.83. The van der Waals surface area contributed by atoms with Crippen LogP contribution in [0.1, 0.15) is 35.3 Å². The SMILES string of the molecule is CCc1cc(C(O)c2ccc(OC)cc2)cc2c1NC(=O)C2. The number of carbonyl (C=O) groups excluding carboxylic acids is 1. The number of hydrogen-bond donors (Lipinski definition) is 2. The van der Waals surface area contributed by atoms with E-state index in [1.807, 2.05) is 43.3 Å². The van der Waals surface area contributed by atoms with E-state index in [1.165, 1.54) is 0 Å². The first-order valence-electron chi connectivity index (χ1n) is 7.40. The van der Waals surface area contributed by atoms with Gasteiger partial charge in [0.1, 0.15) is 11.9 Å². The van der Waals surface area contributed by atoms with Crippen LogP contribution in [-0.4, -0.2) is 18.1 Å². The molecule has 0 spiro atoms. The lowest BCUT2D eigenvalue weighted by Gasteiger charge is -2.16. The number of ether oxygens (including phenoxy) is 1. The van der Waals surface area contributed by atoms with Crippen LogP contribution in [0.2, 0.25) is 0 Å². The monoisotopic (exact) mass is 297 g/mol. The van der Waals surface area contributed by atoms with Crippen LogP contribution in [0.5, 0.6) is 5.75 Å². The molecule has 0 saturated carbocycles. The van der Waals surface area contributed by atoms with E-state index in [2.05, 4.69) is 5.32 Å². The van der Waals surface area contributed by atoms with Crippen molar-refractivity contribution < 1.29 is 14.6 Å². The Morgan fingerprint density at radius 1 is 1.23 bits per heavy atom. The maximum absolute atomic E-state index is 11.6. The van der Waals surface area contributed by atoms with E-state index in [9.17, 15) is 9.90 Å². The third-order valence-electron chi connectivity index (χ3n) is 4.07. The highest BCUT2D eigenvalue weighted by molar-refractivity contribution is 6.00. The molecule has 2 N–H and O–H groups in total. The molecule has 4 nitrogen and oxygen atoms in total. The Labute approximate surface area is 129 Å². The van der Waals surface area contributed by atoms with Gasteiger partial charge in [-0.1, -0.05) is 31.2 Å². The van der Waals surface area contributed by atoms with Crippen molar-refractivity contribution in [1.82, 2.24) is 0 Å². The van der Waals surface area contributed by atoms with Crippen LogP contribution < -0.4 is 10.1 Å². The molecule has 0 aliphatic carbocycles. The minimum Gasteiger partial charge on any atom is -0.497 e. The molecule has 22 heavy (non-hydrogen) atoms. The second-order valence-corrected chi connectivity index (χ2v) is 5.47. The average molecular weight is 297 g/mol. The molecule has 2 aromatic rings. The average Bonchev–Trinajstić information content (AvgIpc) is 2.93. The highest BCUT2D eigenvalue weighted by Gasteiger charge is 2.23. The first-order chi connectivity index (χ1) is 10.6. The van der Waals surface area contributed by atoms with Crippen molar-refractivity contribution in [3.8, 4) is 5.75 Å². The second kappa shape index (κ2) is 5.81. The molecule has 0 radical (unpaired) electrons. The predicted molar refractivity (Wildman–Crippen MR) is 85.2 cm³/mol. The van der Waals surface area contributed by atoms with E-state index in [0.29, 0.717) is 6.42 Å². The van der Waals surface area contributed by atoms with Crippen molar-refractivity contribution in [1.29, 1.82) is 0 Å². The van der Waals surface area contributed by atoms with Gasteiger partial charge in [-0.3, -0.25) is 4.79 Å². The van der Waals surface area contributed by atoms with Gasteiger partial charge < -0.3 is 15.2 Å². The number of methoxy groups -OCH3 is 1. The minimum atomic E-state index is -0.711. The molecule has 0 aromatic heterocycles. The van der Waals surface area contributed by atoms with Crippen molar-refractivity contribution in [2.24, 2.45) is 0 Å². The Morgan fingerprint density at radius 2 is 1.95 bits per heavy atom. The number of anilines is 1. The van der Waals surface area contributed by atoms with Crippen LogP contribution in [0.3, 0.4) is 0 Å². The van der Waals surface area contributed by atoms with E-state index in [4.69, 9.17) is 4.74 Å². The number of aliphatic hydroxyl groups excluding tert-OH is 1. The van der Waals surface area contributed by atoms with Crippen molar-refractivity contribution in [2.75, 3.05) is 12.4 Å². The summed E-state index contributed by atoms with van der Waals surface area (Å²) in [5, 5.41) is 13.5. The second-order valence-electron chi connectivity index (χ2n) is 5.47. The number of rotatable bonds is 4. The maximum Gasteiger partial charge on any atom is 0.228 e. The number of nitrogens with one attached hydrogen (secondary N) is 1. The lowest BCUT2D eigenvalue weighted by atomic mass is 9.95. The molecule has 1 atom stereocenters. The molecule has 4 heteroatoms. The van der Waals surface area contributed by atoms with Gasteiger partial charge in [0.2, 0.25) is 5.91 Å². The zero-order valence-electron chi connectivity index (χ0n) is 12.7. The van der Waals surface area contributed by atoms with Gasteiger partial charge in [0.05, 0.1) is 13.5 Å². The molecule has 2 aromatic carbocycles. The number of fused-ring (bicyclic) bond motifs is 1. The first kappa shape index (κ1) is 14.6. The molecule has 0 saturated heterocycles. The summed E-state index contributed by atoms with van der Waals surface area (Å²) in [5.74, 6) is 0.773. The molecular weight excluding hydrogens is 278 g/mol. The van der Waals surface area contributed by atoms with E-state index >= 15 is 0 Å². The number of amides is 1. The van der Waals surface area contributed by atoms with E-state index in [-0.39, 0.29) is 5.91 Å². The topological polar surface area (TPSA) is 58.6 Å². The number of aliphatic hydroxyl groups is 1. The Hall–Kier alpha value is -2.33. The molecule has 1 unspecified atom stereocenters. The summed E-state index contributed by atoms with van der Waals surface area (Å²) in [6.07, 6.45) is 0.481. The van der Waals surface area contributed by atoms with Gasteiger partial charge in [-0.05, 0) is 40.8 Å². The normalized spacial score (nSPS) is 14.4. The van der Waals surface area contributed by atoms with E-state index in [1.54, 1.807) is 7.11 Å². The first-order valence-corrected chi connectivity index (χ1v) is 7.40. The Kier molecular flexibility index (Phi) is 3.86. The van der Waals surface area contributed by atoms with Gasteiger partial charge in [-0.25, -0.2) is 0 Å². The van der Waals surface area contributed by atoms with Gasteiger partial charge in [0.25, 0.3) is 0 Å². The summed E-state index contributed by atoms with van der Waals surface area (Å²) in [4.78, 5) is 11.6. The molecule has 0 bridgehead atoms. The van der Waals surface area contributed by atoms with Crippen molar-refractivity contribution in [2.45, 2.75) is 25.9 Å². The third-order valence-corrected chi connectivity index (χ3v) is 4.07. The molecule has 3 rings (SSSR count). The molecular formula is C18H19NO3. The molecule has 114 valence electrons. The standard InChI is InChI=1S/C18H19NO3/c1-3-11-8-14(9-13-10-16(20)19-17(11)13)18(21)12-4-6-15(22-2)7-5-12/h4-9,18,21H,3,10H2,1-2H3,(H,19,20). The lowest BCUT2D eigenvalue weighted by Crippen LogP contribution is -2.05. The molecule has 0 fully saturated rings. The summed E-state index contributed by atoms with van der Waals surface area (Å²) >= 11 is 0. The largest absolute Gasteiger partial charge is 0.497 e. The van der Waals surface area contributed by atoms with Crippen LogP contribution in [0.25, 0.3) is 0 Å². The highest BCUT2D eigenvalue weighted by atomic mass is 16.5. The molecule has 1 aliphatic heterocycles. The number of hydrogen-bond acceptors (Lipinski definition) is 3. The van der Waals surface area contributed by atoms with Gasteiger partial charge in [-0.2, -0.15) is 0 Å². The molecule has 1 amide bonds. The van der Waals surface area contributed by atoms with Gasteiger partial charge in [-0.15, -0.1) is 0 Å². The molecule has 1 heterocycles. The summed E-state index contributed by atoms with van der Waals surface area (Å²) in [5.41, 5.74) is 4.56. The summed E-state index contributed by atoms with van der Waals surface area (Å²) < 4.78 is 5.14. The Bertz CT molecular complexity index is 707. The number of carbonyl (C=O) groups is 1. The Balaban J connectivity index is 1.97. The fourth-order valence-electron chi connectivity index (χ4n) is 2.87. The van der Waals surface area contributed by atoms with E-state index < -0.39 is 6.10 Å². The highest BCUT2D eigenvalue weighted by Crippen LogP contribution is 2.33. The lowest BCUT2D eigenvalue weighted by molar-refractivity contribution is -0.115. The Morgan fingerprint density at radius 3 is 2.59 bits per heavy atom. The van der Waals surface area contributed by atoms with Crippen LogP contribution in [0.15, 0.2) is 36.4 Å². The van der Waals surface area contributed by atoms with Crippen LogP contribution in [-0.2, 0) is 17.6 Å². The minimum absolute atomic E-state index is 0.0146. The number of benzene rings is 2. The van der Waals surface area contributed by atoms with Crippen LogP contribution in [0.4, 0.5) is 5.69 Å². The molecule has 1 aliphatic rings. The maximum atomic E-state index is 11.6. The summed E-state index contributed by atoms with van der Waals surface area (Å²) in [7, 11) is 1.61.